The van der Waals surface area contributed by atoms with Gasteiger partial charge in [-0.25, -0.2) is 9.59 Å². The molecule has 0 aliphatic rings. The average Bonchev–Trinajstić information content (AvgIpc) is 2.26. The Kier molecular flexibility index (Phi) is 8.61. The summed E-state index contributed by atoms with van der Waals surface area (Å²) >= 11 is 1.80. The maximum atomic E-state index is 11.3. The molecule has 0 fully saturated rings. The summed E-state index contributed by atoms with van der Waals surface area (Å²) < 4.78 is 0. The van der Waals surface area contributed by atoms with Crippen molar-refractivity contribution in [1.29, 1.82) is 0 Å². The van der Waals surface area contributed by atoms with E-state index < -0.39 is 18.1 Å². The zero-order valence-electron chi connectivity index (χ0n) is 10.1. The van der Waals surface area contributed by atoms with Crippen molar-refractivity contribution in [2.45, 2.75) is 32.4 Å². The number of hydrogen-bond acceptors (Lipinski definition) is 4. The average molecular weight is 264 g/mol. The van der Waals surface area contributed by atoms with E-state index in [4.69, 9.17) is 10.2 Å². The number of nitrogens with one attached hydrogen (secondary N) is 2. The second-order valence-corrected chi connectivity index (χ2v) is 4.99. The molecule has 100 valence electrons. The van der Waals surface area contributed by atoms with E-state index in [9.17, 15) is 9.59 Å². The van der Waals surface area contributed by atoms with E-state index in [1.165, 1.54) is 0 Å². The van der Waals surface area contributed by atoms with Gasteiger partial charge in [0.15, 0.2) is 6.10 Å². The summed E-state index contributed by atoms with van der Waals surface area (Å²) in [7, 11) is 0. The minimum absolute atomic E-state index is 0.0241. The lowest BCUT2D eigenvalue weighted by Gasteiger charge is -2.14. The van der Waals surface area contributed by atoms with Crippen LogP contribution in [0.2, 0.25) is 0 Å². The van der Waals surface area contributed by atoms with Crippen molar-refractivity contribution in [2.24, 2.45) is 0 Å². The topological polar surface area (TPSA) is 98.7 Å². The van der Waals surface area contributed by atoms with Crippen LogP contribution in [0.15, 0.2) is 0 Å². The molecule has 2 unspecified atom stereocenters. The Morgan fingerprint density at radius 3 is 2.59 bits per heavy atom. The summed E-state index contributed by atoms with van der Waals surface area (Å²) in [5.74, 6) is 0.664. The van der Waals surface area contributed by atoms with Crippen LogP contribution in [-0.2, 0) is 4.79 Å². The molecule has 0 saturated heterocycles. The highest BCUT2D eigenvalue weighted by Gasteiger charge is 2.14. The van der Waals surface area contributed by atoms with Gasteiger partial charge in [0.25, 0.3) is 0 Å². The molecule has 0 aromatic rings. The first-order valence-electron chi connectivity index (χ1n) is 5.50. The Labute approximate surface area is 105 Å². The number of carboxylic acids is 1. The number of aliphatic carboxylic acids is 1. The van der Waals surface area contributed by atoms with Gasteiger partial charge in [-0.15, -0.1) is 0 Å². The van der Waals surface area contributed by atoms with Gasteiger partial charge in [-0.3, -0.25) is 0 Å². The lowest BCUT2D eigenvalue weighted by Crippen LogP contribution is -2.45. The van der Waals surface area contributed by atoms with Crippen LogP contribution in [0.5, 0.6) is 0 Å². The Hall–Kier alpha value is -0.950. The monoisotopic (exact) mass is 264 g/mol. The zero-order valence-corrected chi connectivity index (χ0v) is 10.9. The number of aliphatic hydroxyl groups is 1. The van der Waals surface area contributed by atoms with Gasteiger partial charge >= 0.3 is 12.0 Å². The van der Waals surface area contributed by atoms with Crippen LogP contribution in [0, 0.1) is 0 Å². The van der Waals surface area contributed by atoms with Crippen molar-refractivity contribution in [2.75, 3.05) is 18.1 Å². The van der Waals surface area contributed by atoms with Gasteiger partial charge in [-0.2, -0.15) is 11.8 Å². The third kappa shape index (κ3) is 8.82. The summed E-state index contributed by atoms with van der Waals surface area (Å²) in [6, 6.07) is -0.435. The molecule has 0 aromatic heterocycles. The molecule has 0 bridgehead atoms. The van der Waals surface area contributed by atoms with E-state index in [2.05, 4.69) is 17.6 Å². The molecule has 17 heavy (non-hydrogen) atoms. The minimum atomic E-state index is -1.56. The number of carbonyl (C=O) groups excluding carboxylic acids is 1. The van der Waals surface area contributed by atoms with Gasteiger partial charge in [0.05, 0.1) is 6.54 Å². The summed E-state index contributed by atoms with van der Waals surface area (Å²) in [4.78, 5) is 21.6. The Morgan fingerprint density at radius 1 is 1.41 bits per heavy atom. The lowest BCUT2D eigenvalue weighted by atomic mass is 10.3. The lowest BCUT2D eigenvalue weighted by molar-refractivity contribution is -0.146. The molecule has 6 nitrogen and oxygen atoms in total. The smallest absolute Gasteiger partial charge is 0.334 e. The molecule has 2 atom stereocenters. The number of rotatable bonds is 8. The molecular weight excluding hydrogens is 244 g/mol. The van der Waals surface area contributed by atoms with E-state index in [0.717, 1.165) is 17.9 Å². The van der Waals surface area contributed by atoms with Crippen molar-refractivity contribution in [3.8, 4) is 0 Å². The van der Waals surface area contributed by atoms with Crippen LogP contribution < -0.4 is 10.6 Å². The molecule has 0 radical (unpaired) electrons. The number of amides is 2. The van der Waals surface area contributed by atoms with Crippen molar-refractivity contribution < 1.29 is 19.8 Å². The van der Waals surface area contributed by atoms with Crippen LogP contribution >= 0.6 is 11.8 Å². The van der Waals surface area contributed by atoms with Gasteiger partial charge in [0.2, 0.25) is 0 Å². The summed E-state index contributed by atoms with van der Waals surface area (Å²) in [6.07, 6.45) is -0.709. The van der Waals surface area contributed by atoms with Crippen LogP contribution in [-0.4, -0.2) is 52.4 Å². The maximum absolute atomic E-state index is 11.3. The standard InChI is InChI=1S/C10H20N2O4S/c1-3-17-5-4-7(2)12-10(16)11-6-8(13)9(14)15/h7-8,13H,3-6H2,1-2H3,(H,14,15)(H2,11,12,16). The van der Waals surface area contributed by atoms with Crippen molar-refractivity contribution in [3.63, 3.8) is 0 Å². The fraction of sp³-hybridized carbons (Fsp3) is 0.800. The van der Waals surface area contributed by atoms with Crippen molar-refractivity contribution >= 4 is 23.8 Å². The van der Waals surface area contributed by atoms with Gasteiger partial charge in [-0.05, 0) is 24.9 Å². The van der Waals surface area contributed by atoms with Crippen molar-refractivity contribution in [3.05, 3.63) is 0 Å². The highest BCUT2D eigenvalue weighted by atomic mass is 32.2. The Balaban J connectivity index is 3.67. The summed E-state index contributed by atoms with van der Waals surface area (Å²) in [5, 5.41) is 22.3. The van der Waals surface area contributed by atoms with E-state index in [-0.39, 0.29) is 12.6 Å². The Morgan fingerprint density at radius 2 is 2.06 bits per heavy atom. The van der Waals surface area contributed by atoms with Crippen LogP contribution in [0.3, 0.4) is 0 Å². The maximum Gasteiger partial charge on any atom is 0.334 e. The van der Waals surface area contributed by atoms with Crippen LogP contribution in [0.25, 0.3) is 0 Å². The molecule has 4 N–H and O–H groups in total. The number of carboxylic acid groups (broad SMARTS) is 1. The number of aliphatic hydroxyl groups excluding tert-OH is 1. The molecule has 7 heteroatoms. The number of carbonyl (C=O) groups is 2. The molecular formula is C10H20N2O4S. The third-order valence-corrected chi connectivity index (χ3v) is 2.95. The molecule has 0 aromatic carbocycles. The molecule has 0 aliphatic carbocycles. The highest BCUT2D eigenvalue weighted by molar-refractivity contribution is 7.99. The van der Waals surface area contributed by atoms with Crippen LogP contribution in [0.1, 0.15) is 20.3 Å². The van der Waals surface area contributed by atoms with E-state index in [0.29, 0.717) is 0 Å². The summed E-state index contributed by atoms with van der Waals surface area (Å²) in [5.41, 5.74) is 0. The second-order valence-electron chi connectivity index (χ2n) is 3.60. The number of urea groups is 1. The third-order valence-electron chi connectivity index (χ3n) is 2.02. The molecule has 0 spiro atoms. The van der Waals surface area contributed by atoms with E-state index in [1.807, 2.05) is 6.92 Å². The normalized spacial score (nSPS) is 13.8. The first kappa shape index (κ1) is 16.1. The number of hydrogen-bond donors (Lipinski definition) is 4. The van der Waals surface area contributed by atoms with Gasteiger partial charge in [0, 0.05) is 6.04 Å². The molecule has 0 aliphatic heterocycles. The first-order chi connectivity index (χ1) is 7.97. The quantitative estimate of drug-likeness (QED) is 0.471. The predicted octanol–water partition coefficient (Wildman–Crippen LogP) is 0.263. The fourth-order valence-corrected chi connectivity index (χ4v) is 1.84. The molecule has 0 heterocycles. The SMILES string of the molecule is CCSCCC(C)NC(=O)NCC(O)C(=O)O. The van der Waals surface area contributed by atoms with Crippen molar-refractivity contribution in [1.82, 2.24) is 10.6 Å². The van der Waals surface area contributed by atoms with E-state index >= 15 is 0 Å². The van der Waals surface area contributed by atoms with Gasteiger partial charge in [-0.1, -0.05) is 6.92 Å². The van der Waals surface area contributed by atoms with E-state index in [1.54, 1.807) is 11.8 Å². The van der Waals surface area contributed by atoms with Crippen LogP contribution in [0.4, 0.5) is 4.79 Å². The largest absolute Gasteiger partial charge is 0.479 e. The highest BCUT2D eigenvalue weighted by Crippen LogP contribution is 2.03. The zero-order chi connectivity index (χ0) is 13.3. The molecule has 2 amide bonds. The Bertz CT molecular complexity index is 250. The minimum Gasteiger partial charge on any atom is -0.479 e. The second kappa shape index (κ2) is 9.12. The van der Waals surface area contributed by atoms with Gasteiger partial charge in [0.1, 0.15) is 0 Å². The predicted molar refractivity (Wildman–Crippen MR) is 67.3 cm³/mol. The molecule has 0 rings (SSSR count). The fourth-order valence-electron chi connectivity index (χ4n) is 1.03. The molecule has 0 saturated carbocycles. The van der Waals surface area contributed by atoms with Gasteiger partial charge < -0.3 is 20.8 Å². The first-order valence-corrected chi connectivity index (χ1v) is 6.65. The summed E-state index contributed by atoms with van der Waals surface area (Å²) in [6.45, 7) is 3.66. The number of thioether (sulfide) groups is 1.